The summed E-state index contributed by atoms with van der Waals surface area (Å²) < 4.78 is 10.1. The van der Waals surface area contributed by atoms with Crippen molar-refractivity contribution in [1.82, 2.24) is 5.32 Å². The van der Waals surface area contributed by atoms with Gasteiger partial charge in [-0.05, 0) is 20.8 Å². The van der Waals surface area contributed by atoms with Crippen molar-refractivity contribution in [2.75, 3.05) is 13.7 Å². The molecule has 0 fully saturated rings. The molecule has 0 spiro atoms. The smallest absolute Gasteiger partial charge is 0.325 e. The summed E-state index contributed by atoms with van der Waals surface area (Å²) >= 11 is 0. The maximum absolute atomic E-state index is 12.2. The number of carbonyl (C=O) groups is 2. The first-order chi connectivity index (χ1) is 8.77. The Morgan fingerprint density at radius 3 is 2.58 bits per heavy atom. The number of esters is 2. The minimum atomic E-state index is -1.23. The Labute approximate surface area is 113 Å². The Kier molecular flexibility index (Phi) is 4.52. The summed E-state index contributed by atoms with van der Waals surface area (Å²) in [4.78, 5) is 24.2. The van der Waals surface area contributed by atoms with Gasteiger partial charge in [0.15, 0.2) is 0 Å². The van der Waals surface area contributed by atoms with Crippen LogP contribution in [0.5, 0.6) is 0 Å². The fourth-order valence-electron chi connectivity index (χ4n) is 1.98. The SMILES string of the molecule is C=C[C@@]1(C(=O)OC)C=CCN[C@@H]1C(=O)OC(C)(C)C. The molecule has 1 heterocycles. The number of nitrogens with one attached hydrogen (secondary N) is 1. The highest BCUT2D eigenvalue weighted by Gasteiger charge is 2.48. The van der Waals surface area contributed by atoms with E-state index in [9.17, 15) is 9.59 Å². The van der Waals surface area contributed by atoms with Gasteiger partial charge < -0.3 is 9.47 Å². The van der Waals surface area contributed by atoms with Crippen molar-refractivity contribution < 1.29 is 19.1 Å². The van der Waals surface area contributed by atoms with Crippen molar-refractivity contribution >= 4 is 11.9 Å². The average molecular weight is 267 g/mol. The third-order valence-electron chi connectivity index (χ3n) is 2.83. The summed E-state index contributed by atoms with van der Waals surface area (Å²) in [7, 11) is 1.28. The highest BCUT2D eigenvalue weighted by molar-refractivity contribution is 5.91. The summed E-state index contributed by atoms with van der Waals surface area (Å²) in [6.07, 6.45) is 4.81. The van der Waals surface area contributed by atoms with Crippen LogP contribution in [0.15, 0.2) is 24.8 Å². The number of hydrogen-bond donors (Lipinski definition) is 1. The number of rotatable bonds is 3. The lowest BCUT2D eigenvalue weighted by Crippen LogP contribution is -2.56. The van der Waals surface area contributed by atoms with Gasteiger partial charge in [0.1, 0.15) is 17.1 Å². The van der Waals surface area contributed by atoms with Crippen molar-refractivity contribution in [2.24, 2.45) is 5.41 Å². The zero-order valence-corrected chi connectivity index (χ0v) is 11.9. The second kappa shape index (κ2) is 5.57. The topological polar surface area (TPSA) is 64.6 Å². The first kappa shape index (κ1) is 15.4. The van der Waals surface area contributed by atoms with Crippen molar-refractivity contribution in [3.63, 3.8) is 0 Å². The van der Waals surface area contributed by atoms with Gasteiger partial charge in [-0.1, -0.05) is 18.2 Å². The van der Waals surface area contributed by atoms with Crippen molar-refractivity contribution in [3.05, 3.63) is 24.8 Å². The quantitative estimate of drug-likeness (QED) is 0.615. The van der Waals surface area contributed by atoms with Gasteiger partial charge in [-0.2, -0.15) is 0 Å². The van der Waals surface area contributed by atoms with Crippen molar-refractivity contribution in [3.8, 4) is 0 Å². The second-order valence-electron chi connectivity index (χ2n) is 5.41. The van der Waals surface area contributed by atoms with Gasteiger partial charge in [-0.3, -0.25) is 14.9 Å². The largest absolute Gasteiger partial charge is 0.468 e. The van der Waals surface area contributed by atoms with E-state index < -0.39 is 29.0 Å². The molecule has 1 aliphatic heterocycles. The van der Waals surface area contributed by atoms with Crippen LogP contribution in [0.4, 0.5) is 0 Å². The summed E-state index contributed by atoms with van der Waals surface area (Å²) in [5.41, 5.74) is -1.85. The van der Waals surface area contributed by atoms with Crippen LogP contribution in [0.2, 0.25) is 0 Å². The van der Waals surface area contributed by atoms with E-state index in [1.165, 1.54) is 13.2 Å². The van der Waals surface area contributed by atoms with Crippen LogP contribution in [0.25, 0.3) is 0 Å². The molecule has 2 atom stereocenters. The standard InChI is InChI=1S/C14H21NO4/c1-6-14(12(17)18-5)8-7-9-15-10(14)11(16)19-13(2,3)4/h6-8,10,15H,1,9H2,2-5H3/t10-,14-/m1/s1. The molecule has 0 saturated heterocycles. The molecule has 5 nitrogen and oxygen atoms in total. The van der Waals surface area contributed by atoms with E-state index in [0.717, 1.165) is 0 Å². The molecule has 0 aromatic carbocycles. The van der Waals surface area contributed by atoms with Crippen LogP contribution in [0, 0.1) is 5.41 Å². The normalized spacial score (nSPS) is 26.6. The van der Waals surface area contributed by atoms with Crippen molar-refractivity contribution in [1.29, 1.82) is 0 Å². The monoisotopic (exact) mass is 267 g/mol. The fraction of sp³-hybridized carbons (Fsp3) is 0.571. The zero-order chi connectivity index (χ0) is 14.7. The minimum absolute atomic E-state index is 0.483. The van der Waals surface area contributed by atoms with Gasteiger partial charge in [-0.25, -0.2) is 0 Å². The zero-order valence-electron chi connectivity index (χ0n) is 11.9. The molecular formula is C14H21NO4. The molecule has 106 valence electrons. The molecular weight excluding hydrogens is 246 g/mol. The van der Waals surface area contributed by atoms with Gasteiger partial charge in [0.2, 0.25) is 0 Å². The molecule has 1 N–H and O–H groups in total. The summed E-state index contributed by atoms with van der Waals surface area (Å²) in [5.74, 6) is -1.04. The van der Waals surface area contributed by atoms with Crippen LogP contribution in [0.1, 0.15) is 20.8 Å². The maximum Gasteiger partial charge on any atom is 0.325 e. The molecule has 0 amide bonds. The molecule has 19 heavy (non-hydrogen) atoms. The summed E-state index contributed by atoms with van der Waals surface area (Å²) in [6.45, 7) is 9.46. The predicted octanol–water partition coefficient (Wildman–Crippen LogP) is 1.20. The van der Waals surface area contributed by atoms with Gasteiger partial charge >= 0.3 is 11.9 Å². The molecule has 1 rings (SSSR count). The maximum atomic E-state index is 12.2. The van der Waals surface area contributed by atoms with Crippen LogP contribution < -0.4 is 5.32 Å². The lowest BCUT2D eigenvalue weighted by molar-refractivity contribution is -0.166. The molecule has 0 saturated carbocycles. The molecule has 0 aromatic rings. The number of methoxy groups -OCH3 is 1. The Morgan fingerprint density at radius 1 is 1.47 bits per heavy atom. The van der Waals surface area contributed by atoms with E-state index in [0.29, 0.717) is 6.54 Å². The predicted molar refractivity (Wildman–Crippen MR) is 71.4 cm³/mol. The minimum Gasteiger partial charge on any atom is -0.468 e. The lowest BCUT2D eigenvalue weighted by atomic mass is 9.78. The Morgan fingerprint density at radius 2 is 2.11 bits per heavy atom. The summed E-state index contributed by atoms with van der Waals surface area (Å²) in [5, 5.41) is 2.97. The molecule has 0 bridgehead atoms. The van der Waals surface area contributed by atoms with E-state index in [4.69, 9.17) is 9.47 Å². The molecule has 0 aliphatic carbocycles. The van der Waals surface area contributed by atoms with Crippen LogP contribution >= 0.6 is 0 Å². The highest BCUT2D eigenvalue weighted by Crippen LogP contribution is 2.31. The number of hydrogen-bond acceptors (Lipinski definition) is 5. The van der Waals surface area contributed by atoms with E-state index >= 15 is 0 Å². The highest BCUT2D eigenvalue weighted by atomic mass is 16.6. The second-order valence-corrected chi connectivity index (χ2v) is 5.41. The number of ether oxygens (including phenoxy) is 2. The van der Waals surface area contributed by atoms with Gasteiger partial charge in [-0.15, -0.1) is 6.58 Å². The van der Waals surface area contributed by atoms with Gasteiger partial charge in [0, 0.05) is 6.54 Å². The molecule has 1 aliphatic rings. The molecule has 0 unspecified atom stereocenters. The van der Waals surface area contributed by atoms with Crippen molar-refractivity contribution in [2.45, 2.75) is 32.4 Å². The van der Waals surface area contributed by atoms with E-state index in [1.807, 2.05) is 0 Å². The average Bonchev–Trinajstić information content (AvgIpc) is 2.35. The first-order valence-corrected chi connectivity index (χ1v) is 6.13. The lowest BCUT2D eigenvalue weighted by Gasteiger charge is -2.36. The Hall–Kier alpha value is -1.62. The fourth-order valence-corrected chi connectivity index (χ4v) is 1.98. The third kappa shape index (κ3) is 3.23. The van der Waals surface area contributed by atoms with Crippen LogP contribution in [0.3, 0.4) is 0 Å². The van der Waals surface area contributed by atoms with Crippen LogP contribution in [-0.4, -0.2) is 37.2 Å². The first-order valence-electron chi connectivity index (χ1n) is 6.13. The summed E-state index contributed by atoms with van der Waals surface area (Å²) in [6, 6.07) is -0.832. The van der Waals surface area contributed by atoms with E-state index in [-0.39, 0.29) is 0 Å². The Balaban J connectivity index is 3.09. The third-order valence-corrected chi connectivity index (χ3v) is 2.83. The van der Waals surface area contributed by atoms with E-state index in [2.05, 4.69) is 11.9 Å². The van der Waals surface area contributed by atoms with E-state index in [1.54, 1.807) is 32.9 Å². The van der Waals surface area contributed by atoms with Gasteiger partial charge in [0.25, 0.3) is 0 Å². The Bertz CT molecular complexity index is 408. The number of carbonyl (C=O) groups excluding carboxylic acids is 2. The van der Waals surface area contributed by atoms with Crippen LogP contribution in [-0.2, 0) is 19.1 Å². The molecule has 5 heteroatoms. The van der Waals surface area contributed by atoms with Gasteiger partial charge in [0.05, 0.1) is 7.11 Å². The molecule has 0 aromatic heterocycles. The molecule has 0 radical (unpaired) electrons.